The largest absolute Gasteiger partial charge is 0.463 e. The first-order valence-electron chi connectivity index (χ1n) is 6.61. The average molecular weight is 283 g/mol. The smallest absolute Gasteiger partial charge is 0.332 e. The van der Waals surface area contributed by atoms with Crippen LogP contribution in [0, 0.1) is 0 Å². The number of ether oxygens (including phenoxy) is 1. The van der Waals surface area contributed by atoms with Gasteiger partial charge in [0.15, 0.2) is 0 Å². The molecular weight excluding hydrogens is 266 g/mol. The van der Waals surface area contributed by atoms with Crippen molar-refractivity contribution < 1.29 is 9.53 Å². The van der Waals surface area contributed by atoms with Gasteiger partial charge in [-0.15, -0.1) is 0 Å². The first-order valence-corrected chi connectivity index (χ1v) is 6.61. The Bertz CT molecular complexity index is 639. The number of rotatable bonds is 5. The van der Waals surface area contributed by atoms with Crippen molar-refractivity contribution >= 4 is 23.0 Å². The molecule has 0 aliphatic rings. The number of hydrogen-bond donors (Lipinski definition) is 2. The predicted octanol–water partition coefficient (Wildman–Crippen LogP) is 2.68. The van der Waals surface area contributed by atoms with Gasteiger partial charge < -0.3 is 15.8 Å². The fraction of sp³-hybridized carbons (Fsp3) is 0.125. The molecule has 5 nitrogen and oxygen atoms in total. The number of hydrogen-bond acceptors (Lipinski definition) is 5. The number of nitrogens with zero attached hydrogens (tertiary/aromatic N) is 1. The number of nitrogen functional groups attached to an aromatic ring is 1. The van der Waals surface area contributed by atoms with Crippen LogP contribution in [0.25, 0.3) is 5.70 Å². The van der Waals surface area contributed by atoms with Crippen LogP contribution in [0.15, 0.2) is 54.9 Å². The highest BCUT2D eigenvalue weighted by Crippen LogP contribution is 2.23. The minimum atomic E-state index is -0.418. The molecule has 0 amide bonds. The third kappa shape index (κ3) is 4.07. The summed E-state index contributed by atoms with van der Waals surface area (Å²) in [6.45, 7) is 2.08. The maximum Gasteiger partial charge on any atom is 0.332 e. The highest BCUT2D eigenvalue weighted by Gasteiger charge is 2.08. The minimum Gasteiger partial charge on any atom is -0.463 e. The van der Waals surface area contributed by atoms with E-state index in [0.717, 1.165) is 11.3 Å². The lowest BCUT2D eigenvalue weighted by Gasteiger charge is -2.13. The maximum atomic E-state index is 11.7. The number of benzene rings is 1. The van der Waals surface area contributed by atoms with E-state index >= 15 is 0 Å². The van der Waals surface area contributed by atoms with Crippen LogP contribution in [-0.2, 0) is 9.53 Å². The molecule has 0 radical (unpaired) electrons. The Morgan fingerprint density at radius 1 is 1.33 bits per heavy atom. The van der Waals surface area contributed by atoms with Gasteiger partial charge in [-0.05, 0) is 31.2 Å². The van der Waals surface area contributed by atoms with Crippen molar-refractivity contribution in [3.63, 3.8) is 0 Å². The summed E-state index contributed by atoms with van der Waals surface area (Å²) in [6.07, 6.45) is 4.73. The van der Waals surface area contributed by atoms with Crippen LogP contribution >= 0.6 is 0 Å². The van der Waals surface area contributed by atoms with Gasteiger partial charge in [0.1, 0.15) is 0 Å². The van der Waals surface area contributed by atoms with E-state index in [9.17, 15) is 4.79 Å². The first-order chi connectivity index (χ1) is 10.2. The van der Waals surface area contributed by atoms with Crippen molar-refractivity contribution in [1.82, 2.24) is 4.98 Å². The van der Waals surface area contributed by atoms with E-state index in [-0.39, 0.29) is 0 Å². The number of pyridine rings is 1. The van der Waals surface area contributed by atoms with Gasteiger partial charge in [0, 0.05) is 24.0 Å². The number of nitrogens with two attached hydrogens (primary N) is 1. The molecular formula is C16H17N3O2. The number of anilines is 2. The molecule has 21 heavy (non-hydrogen) atoms. The summed E-state index contributed by atoms with van der Waals surface area (Å²) in [4.78, 5) is 15.8. The quantitative estimate of drug-likeness (QED) is 0.501. The Balaban J connectivity index is 2.33. The first kappa shape index (κ1) is 14.6. The summed E-state index contributed by atoms with van der Waals surface area (Å²) in [5, 5.41) is 3.15. The molecule has 3 N–H and O–H groups in total. The fourth-order valence-electron chi connectivity index (χ4n) is 1.77. The number of para-hydroxylation sites is 2. The summed E-state index contributed by atoms with van der Waals surface area (Å²) in [7, 11) is 0. The average Bonchev–Trinajstić information content (AvgIpc) is 2.50. The molecule has 0 aliphatic carbocycles. The molecule has 0 aliphatic heterocycles. The van der Waals surface area contributed by atoms with E-state index in [1.165, 1.54) is 6.08 Å². The van der Waals surface area contributed by atoms with Crippen LogP contribution in [0.4, 0.5) is 11.4 Å². The minimum absolute atomic E-state index is 0.323. The summed E-state index contributed by atoms with van der Waals surface area (Å²) in [5.41, 5.74) is 8.58. The predicted molar refractivity (Wildman–Crippen MR) is 83.3 cm³/mol. The summed E-state index contributed by atoms with van der Waals surface area (Å²) in [5.74, 6) is -0.418. The molecule has 1 aromatic carbocycles. The second-order valence-electron chi connectivity index (χ2n) is 4.26. The van der Waals surface area contributed by atoms with Crippen molar-refractivity contribution in [1.29, 1.82) is 0 Å². The lowest BCUT2D eigenvalue weighted by Crippen LogP contribution is -2.07. The Kier molecular flexibility index (Phi) is 4.93. The standard InChI is InChI=1S/C16H17N3O2/c1-2-21-16(20)10-15(12-6-5-9-18-11-12)19-14-8-4-3-7-13(14)17/h3-11,19H,2,17H2,1H3/b15-10+. The monoisotopic (exact) mass is 283 g/mol. The van der Waals surface area contributed by atoms with Crippen LogP contribution in [0.3, 0.4) is 0 Å². The zero-order chi connectivity index (χ0) is 15.1. The van der Waals surface area contributed by atoms with Gasteiger partial charge in [-0.2, -0.15) is 0 Å². The van der Waals surface area contributed by atoms with E-state index in [4.69, 9.17) is 10.5 Å². The lowest BCUT2D eigenvalue weighted by molar-refractivity contribution is -0.137. The van der Waals surface area contributed by atoms with Gasteiger partial charge in [-0.25, -0.2) is 4.79 Å². The molecule has 108 valence electrons. The Hall–Kier alpha value is -2.82. The third-order valence-corrected chi connectivity index (χ3v) is 2.75. The fourth-order valence-corrected chi connectivity index (χ4v) is 1.77. The SMILES string of the molecule is CCOC(=O)/C=C(/Nc1ccccc1N)c1cccnc1. The zero-order valence-corrected chi connectivity index (χ0v) is 11.7. The van der Waals surface area contributed by atoms with Crippen molar-refractivity contribution in [2.24, 2.45) is 0 Å². The number of esters is 1. The van der Waals surface area contributed by atoms with Crippen molar-refractivity contribution in [2.75, 3.05) is 17.7 Å². The highest BCUT2D eigenvalue weighted by atomic mass is 16.5. The van der Waals surface area contributed by atoms with E-state index in [0.29, 0.717) is 18.0 Å². The summed E-state index contributed by atoms with van der Waals surface area (Å²) < 4.78 is 4.95. The van der Waals surface area contributed by atoms with Gasteiger partial charge in [0.2, 0.25) is 0 Å². The van der Waals surface area contributed by atoms with Crippen LogP contribution < -0.4 is 11.1 Å². The van der Waals surface area contributed by atoms with E-state index in [1.807, 2.05) is 24.3 Å². The van der Waals surface area contributed by atoms with Crippen LogP contribution in [-0.4, -0.2) is 17.6 Å². The Morgan fingerprint density at radius 2 is 2.14 bits per heavy atom. The number of carbonyl (C=O) groups excluding carboxylic acids is 1. The molecule has 0 bridgehead atoms. The zero-order valence-electron chi connectivity index (χ0n) is 11.7. The highest BCUT2D eigenvalue weighted by molar-refractivity contribution is 5.95. The van der Waals surface area contributed by atoms with Crippen LogP contribution in [0.5, 0.6) is 0 Å². The number of aromatic nitrogens is 1. The summed E-state index contributed by atoms with van der Waals surface area (Å²) >= 11 is 0. The molecule has 0 spiro atoms. The number of carbonyl (C=O) groups is 1. The van der Waals surface area contributed by atoms with Crippen molar-refractivity contribution in [3.05, 3.63) is 60.4 Å². The van der Waals surface area contributed by atoms with Gasteiger partial charge in [0.05, 0.1) is 23.7 Å². The van der Waals surface area contributed by atoms with E-state index < -0.39 is 5.97 Å². The maximum absolute atomic E-state index is 11.7. The molecule has 0 fully saturated rings. The molecule has 0 atom stereocenters. The van der Waals surface area contributed by atoms with Crippen molar-refractivity contribution in [3.8, 4) is 0 Å². The van der Waals surface area contributed by atoms with Crippen LogP contribution in [0.2, 0.25) is 0 Å². The molecule has 0 unspecified atom stereocenters. The lowest BCUT2D eigenvalue weighted by atomic mass is 10.2. The van der Waals surface area contributed by atoms with Gasteiger partial charge in [-0.3, -0.25) is 4.98 Å². The number of nitrogens with one attached hydrogen (secondary N) is 1. The topological polar surface area (TPSA) is 77.2 Å². The van der Waals surface area contributed by atoms with Gasteiger partial charge in [-0.1, -0.05) is 12.1 Å². The van der Waals surface area contributed by atoms with Crippen molar-refractivity contribution in [2.45, 2.75) is 6.92 Å². The normalized spacial score (nSPS) is 11.0. The second kappa shape index (κ2) is 7.09. The molecule has 5 heteroatoms. The van der Waals surface area contributed by atoms with E-state index in [2.05, 4.69) is 10.3 Å². The molecule has 1 aromatic heterocycles. The molecule has 0 saturated heterocycles. The van der Waals surface area contributed by atoms with E-state index in [1.54, 1.807) is 31.5 Å². The van der Waals surface area contributed by atoms with Crippen LogP contribution in [0.1, 0.15) is 12.5 Å². The third-order valence-electron chi connectivity index (χ3n) is 2.75. The molecule has 2 aromatic rings. The van der Waals surface area contributed by atoms with Gasteiger partial charge >= 0.3 is 5.97 Å². The second-order valence-corrected chi connectivity index (χ2v) is 4.26. The molecule has 0 saturated carbocycles. The Labute approximate surface area is 123 Å². The molecule has 1 heterocycles. The Morgan fingerprint density at radius 3 is 2.81 bits per heavy atom. The van der Waals surface area contributed by atoms with Gasteiger partial charge in [0.25, 0.3) is 0 Å². The summed E-state index contributed by atoms with van der Waals surface area (Å²) in [6, 6.07) is 11.0. The molecule has 2 rings (SSSR count).